The van der Waals surface area contributed by atoms with Gasteiger partial charge >= 0.3 is 0 Å². The number of benzene rings is 1. The molecule has 0 aromatic heterocycles. The maximum absolute atomic E-state index is 14.1. The maximum Gasteiger partial charge on any atom is 0.140 e. The minimum Gasteiger partial charge on any atom is -0.495 e. The Morgan fingerprint density at radius 3 is 2.88 bits per heavy atom. The molecule has 4 heteroatoms. The van der Waals surface area contributed by atoms with Gasteiger partial charge in [-0.05, 0) is 53.9 Å². The lowest BCUT2D eigenvalue weighted by Gasteiger charge is -2.18. The van der Waals surface area contributed by atoms with Crippen molar-refractivity contribution in [1.82, 2.24) is 5.32 Å². The third-order valence-electron chi connectivity index (χ3n) is 3.00. The van der Waals surface area contributed by atoms with E-state index >= 15 is 0 Å². The second-order valence-electron chi connectivity index (χ2n) is 4.09. The van der Waals surface area contributed by atoms with Crippen molar-refractivity contribution in [1.29, 1.82) is 0 Å². The lowest BCUT2D eigenvalue weighted by molar-refractivity contribution is 0.392. The van der Waals surface area contributed by atoms with Gasteiger partial charge in [0.05, 0.1) is 11.6 Å². The molecule has 1 atom stereocenters. The molecule has 0 spiro atoms. The molecule has 0 bridgehead atoms. The van der Waals surface area contributed by atoms with E-state index in [0.717, 1.165) is 23.9 Å². The van der Waals surface area contributed by atoms with Gasteiger partial charge in [-0.3, -0.25) is 0 Å². The number of nitrogens with one attached hydrogen (secondary N) is 1. The molecule has 2 nitrogen and oxygen atoms in total. The molecule has 1 aliphatic rings. The number of hydrogen-bond donors (Lipinski definition) is 1. The molecule has 1 saturated heterocycles. The second-order valence-corrected chi connectivity index (χ2v) is 4.94. The van der Waals surface area contributed by atoms with Crippen LogP contribution in [0.25, 0.3) is 0 Å². The highest BCUT2D eigenvalue weighted by Gasteiger charge is 2.26. The minimum atomic E-state index is -0.153. The molecule has 1 heterocycles. The topological polar surface area (TPSA) is 21.3 Å². The van der Waals surface area contributed by atoms with Crippen LogP contribution in [0.4, 0.5) is 4.39 Å². The molecule has 1 unspecified atom stereocenters. The predicted molar refractivity (Wildman–Crippen MR) is 65.4 cm³/mol. The van der Waals surface area contributed by atoms with Gasteiger partial charge in [0.2, 0.25) is 0 Å². The van der Waals surface area contributed by atoms with E-state index in [4.69, 9.17) is 4.74 Å². The molecule has 0 aliphatic carbocycles. The van der Waals surface area contributed by atoms with Crippen LogP contribution in [-0.2, 0) is 0 Å². The molecule has 1 aromatic rings. The standard InChI is InChI=1S/C12H15BrFNO/c1-7-6-8(13)12(16-2)10(11(7)14)9-4-3-5-15-9/h6,9,15H,3-5H2,1-2H3. The summed E-state index contributed by atoms with van der Waals surface area (Å²) in [4.78, 5) is 0. The summed E-state index contributed by atoms with van der Waals surface area (Å²) in [5.74, 6) is 0.460. The van der Waals surface area contributed by atoms with Crippen LogP contribution >= 0.6 is 15.9 Å². The number of hydrogen-bond acceptors (Lipinski definition) is 2. The summed E-state index contributed by atoms with van der Waals surface area (Å²) in [5.41, 5.74) is 1.31. The molecule has 16 heavy (non-hydrogen) atoms. The zero-order chi connectivity index (χ0) is 11.7. The van der Waals surface area contributed by atoms with Crippen LogP contribution in [0.15, 0.2) is 10.5 Å². The lowest BCUT2D eigenvalue weighted by Crippen LogP contribution is -2.16. The molecule has 0 amide bonds. The smallest absolute Gasteiger partial charge is 0.140 e. The second kappa shape index (κ2) is 4.72. The average molecular weight is 288 g/mol. The van der Waals surface area contributed by atoms with E-state index < -0.39 is 0 Å². The quantitative estimate of drug-likeness (QED) is 0.901. The Bertz CT molecular complexity index is 402. The molecular weight excluding hydrogens is 273 g/mol. The van der Waals surface area contributed by atoms with Gasteiger partial charge in [-0.1, -0.05) is 0 Å². The fourth-order valence-electron chi connectivity index (χ4n) is 2.21. The average Bonchev–Trinajstić information content (AvgIpc) is 2.76. The van der Waals surface area contributed by atoms with Gasteiger partial charge in [0.1, 0.15) is 11.6 Å². The fourth-order valence-corrected chi connectivity index (χ4v) is 2.93. The van der Waals surface area contributed by atoms with Crippen molar-refractivity contribution in [2.45, 2.75) is 25.8 Å². The van der Waals surface area contributed by atoms with Gasteiger partial charge in [-0.15, -0.1) is 0 Å². The van der Waals surface area contributed by atoms with Crippen LogP contribution in [-0.4, -0.2) is 13.7 Å². The van der Waals surface area contributed by atoms with E-state index in [-0.39, 0.29) is 11.9 Å². The van der Waals surface area contributed by atoms with E-state index in [2.05, 4.69) is 21.2 Å². The highest BCUT2D eigenvalue weighted by Crippen LogP contribution is 2.39. The minimum absolute atomic E-state index is 0.0751. The molecule has 1 fully saturated rings. The zero-order valence-electron chi connectivity index (χ0n) is 9.44. The Morgan fingerprint density at radius 1 is 1.56 bits per heavy atom. The van der Waals surface area contributed by atoms with E-state index in [1.54, 1.807) is 20.1 Å². The summed E-state index contributed by atoms with van der Waals surface area (Å²) in [6.45, 7) is 2.72. The first-order chi connectivity index (χ1) is 7.65. The molecule has 1 aliphatic heterocycles. The van der Waals surface area contributed by atoms with Crippen molar-refractivity contribution in [3.8, 4) is 5.75 Å². The molecule has 1 N–H and O–H groups in total. The summed E-state index contributed by atoms with van der Waals surface area (Å²) in [6, 6.07) is 1.83. The first-order valence-corrected chi connectivity index (χ1v) is 6.20. The van der Waals surface area contributed by atoms with Crippen LogP contribution in [0.5, 0.6) is 5.75 Å². The SMILES string of the molecule is COc1c(Br)cc(C)c(F)c1C1CCCN1. The first kappa shape index (κ1) is 11.9. The summed E-state index contributed by atoms with van der Waals surface area (Å²) < 4.78 is 20.3. The van der Waals surface area contributed by atoms with Gasteiger partial charge in [0.25, 0.3) is 0 Å². The Morgan fingerprint density at radius 2 is 2.31 bits per heavy atom. The van der Waals surface area contributed by atoms with Gasteiger partial charge in [-0.2, -0.15) is 0 Å². The lowest BCUT2D eigenvalue weighted by atomic mass is 10.0. The van der Waals surface area contributed by atoms with E-state index in [1.807, 2.05) is 0 Å². The van der Waals surface area contributed by atoms with Crippen LogP contribution in [0.3, 0.4) is 0 Å². The third kappa shape index (κ3) is 1.96. The van der Waals surface area contributed by atoms with Crippen molar-refractivity contribution in [2.24, 2.45) is 0 Å². The summed E-state index contributed by atoms with van der Waals surface area (Å²) >= 11 is 3.42. The maximum atomic E-state index is 14.1. The number of aryl methyl sites for hydroxylation is 1. The molecule has 0 saturated carbocycles. The van der Waals surface area contributed by atoms with Gasteiger partial charge in [0.15, 0.2) is 0 Å². The van der Waals surface area contributed by atoms with E-state index in [9.17, 15) is 4.39 Å². The highest BCUT2D eigenvalue weighted by molar-refractivity contribution is 9.10. The summed E-state index contributed by atoms with van der Waals surface area (Å²) in [5, 5.41) is 3.30. The normalized spacial score (nSPS) is 20.1. The van der Waals surface area contributed by atoms with E-state index in [0.29, 0.717) is 16.9 Å². The monoisotopic (exact) mass is 287 g/mol. The number of ether oxygens (including phenoxy) is 1. The Balaban J connectivity index is 2.54. The highest BCUT2D eigenvalue weighted by atomic mass is 79.9. The van der Waals surface area contributed by atoms with Crippen LogP contribution in [0, 0.1) is 12.7 Å². The van der Waals surface area contributed by atoms with Crippen LogP contribution in [0.1, 0.15) is 30.0 Å². The molecule has 2 rings (SSSR count). The summed E-state index contributed by atoms with van der Waals surface area (Å²) in [6.07, 6.45) is 2.04. The predicted octanol–water partition coefficient (Wildman–Crippen LogP) is 3.33. The van der Waals surface area contributed by atoms with Crippen molar-refractivity contribution < 1.29 is 9.13 Å². The number of rotatable bonds is 2. The fraction of sp³-hybridized carbons (Fsp3) is 0.500. The molecular formula is C12H15BrFNO. The van der Waals surface area contributed by atoms with Gasteiger partial charge < -0.3 is 10.1 Å². The van der Waals surface area contributed by atoms with Crippen LogP contribution in [0.2, 0.25) is 0 Å². The largest absolute Gasteiger partial charge is 0.495 e. The number of halogens is 2. The van der Waals surface area contributed by atoms with Crippen molar-refractivity contribution in [2.75, 3.05) is 13.7 Å². The van der Waals surface area contributed by atoms with Crippen LogP contribution < -0.4 is 10.1 Å². The molecule has 88 valence electrons. The van der Waals surface area contributed by atoms with Gasteiger partial charge in [0, 0.05) is 11.6 Å². The summed E-state index contributed by atoms with van der Waals surface area (Å²) in [7, 11) is 1.58. The van der Waals surface area contributed by atoms with Crippen molar-refractivity contribution in [3.63, 3.8) is 0 Å². The molecule has 0 radical (unpaired) electrons. The Labute approximate surface area is 103 Å². The van der Waals surface area contributed by atoms with Crippen molar-refractivity contribution in [3.05, 3.63) is 27.5 Å². The van der Waals surface area contributed by atoms with E-state index in [1.165, 1.54) is 0 Å². The third-order valence-corrected chi connectivity index (χ3v) is 3.59. The zero-order valence-corrected chi connectivity index (χ0v) is 11.0. The van der Waals surface area contributed by atoms with Gasteiger partial charge in [-0.25, -0.2) is 4.39 Å². The molecule has 1 aromatic carbocycles. The number of methoxy groups -OCH3 is 1. The Kier molecular flexibility index (Phi) is 3.50. The Hall–Kier alpha value is -0.610. The first-order valence-electron chi connectivity index (χ1n) is 5.41. The van der Waals surface area contributed by atoms with Crippen molar-refractivity contribution >= 4 is 15.9 Å².